The average Bonchev–Trinajstić information content (AvgIpc) is 2.20. The van der Waals surface area contributed by atoms with Crippen molar-refractivity contribution in [1.29, 1.82) is 0 Å². The Morgan fingerprint density at radius 3 is 2.62 bits per heavy atom. The summed E-state index contributed by atoms with van der Waals surface area (Å²) in [7, 11) is 0. The highest BCUT2D eigenvalue weighted by molar-refractivity contribution is 5.83. The van der Waals surface area contributed by atoms with E-state index in [-0.39, 0.29) is 4.92 Å². The van der Waals surface area contributed by atoms with E-state index in [0.29, 0.717) is 25.0 Å². The summed E-state index contributed by atoms with van der Waals surface area (Å²) in [5.74, 6) is 0. The van der Waals surface area contributed by atoms with Crippen LogP contribution in [0.25, 0.3) is 0 Å². The predicted molar refractivity (Wildman–Crippen MR) is 60.8 cm³/mol. The molecule has 0 aromatic carbocycles. The van der Waals surface area contributed by atoms with Crippen LogP contribution in [0.2, 0.25) is 0 Å². The van der Waals surface area contributed by atoms with Gasteiger partial charge in [-0.3, -0.25) is 10.1 Å². The highest BCUT2D eigenvalue weighted by Crippen LogP contribution is 2.09. The van der Waals surface area contributed by atoms with E-state index in [4.69, 9.17) is 5.73 Å². The van der Waals surface area contributed by atoms with Crippen LogP contribution in [0.1, 0.15) is 39.5 Å². The van der Waals surface area contributed by atoms with Crippen LogP contribution in [-0.2, 0) is 0 Å². The zero-order valence-electron chi connectivity index (χ0n) is 9.60. The van der Waals surface area contributed by atoms with Gasteiger partial charge < -0.3 is 5.73 Å². The van der Waals surface area contributed by atoms with Gasteiger partial charge >= 0.3 is 6.03 Å². The molecule has 3 N–H and O–H groups in total. The Bertz CT molecular complexity index is 278. The quantitative estimate of drug-likeness (QED) is 0.390. The molecule has 0 saturated heterocycles. The third-order valence-corrected chi connectivity index (χ3v) is 2.12. The SMILES string of the molecule is CCC[C@@H](CC/C(C)=N/NC(N)=O)[N+](=O)[O-]. The summed E-state index contributed by atoms with van der Waals surface area (Å²) in [5.41, 5.74) is 7.54. The molecule has 0 aliphatic rings. The molecule has 0 fully saturated rings. The van der Waals surface area contributed by atoms with Gasteiger partial charge in [0.25, 0.3) is 0 Å². The molecule has 7 heteroatoms. The first-order valence-corrected chi connectivity index (χ1v) is 5.19. The van der Waals surface area contributed by atoms with Gasteiger partial charge in [-0.05, 0) is 19.8 Å². The lowest BCUT2D eigenvalue weighted by Gasteiger charge is -2.07. The maximum absolute atomic E-state index is 10.6. The summed E-state index contributed by atoms with van der Waals surface area (Å²) in [5, 5.41) is 14.3. The summed E-state index contributed by atoms with van der Waals surface area (Å²) >= 11 is 0. The fraction of sp³-hybridized carbons (Fsp3) is 0.778. The van der Waals surface area contributed by atoms with Crippen molar-refractivity contribution in [2.75, 3.05) is 0 Å². The van der Waals surface area contributed by atoms with Crippen LogP contribution in [0.3, 0.4) is 0 Å². The topological polar surface area (TPSA) is 111 Å². The number of amides is 2. The van der Waals surface area contributed by atoms with E-state index in [1.165, 1.54) is 0 Å². The van der Waals surface area contributed by atoms with Crippen molar-refractivity contribution in [3.05, 3.63) is 10.1 Å². The second-order valence-corrected chi connectivity index (χ2v) is 3.59. The standard InChI is InChI=1S/C9H18N4O3/c1-3-4-8(13(15)16)6-5-7(2)11-12-9(10)14/h8H,3-6H2,1-2H3,(H3,10,12,14)/b11-7+/t8-/m0/s1. The lowest BCUT2D eigenvalue weighted by Crippen LogP contribution is -2.26. The lowest BCUT2D eigenvalue weighted by molar-refractivity contribution is -0.524. The maximum Gasteiger partial charge on any atom is 0.332 e. The van der Waals surface area contributed by atoms with Crippen molar-refractivity contribution in [3.8, 4) is 0 Å². The Labute approximate surface area is 94.2 Å². The van der Waals surface area contributed by atoms with Gasteiger partial charge in [-0.15, -0.1) is 0 Å². The van der Waals surface area contributed by atoms with Gasteiger partial charge in [0.2, 0.25) is 6.04 Å². The molecule has 92 valence electrons. The third kappa shape index (κ3) is 6.74. The van der Waals surface area contributed by atoms with E-state index in [0.717, 1.165) is 6.42 Å². The van der Waals surface area contributed by atoms with Gasteiger partial charge in [-0.2, -0.15) is 5.10 Å². The van der Waals surface area contributed by atoms with Gasteiger partial charge in [0.15, 0.2) is 0 Å². The molecule has 7 nitrogen and oxygen atoms in total. The molecule has 0 bridgehead atoms. The molecule has 0 spiro atoms. The van der Waals surface area contributed by atoms with Crippen LogP contribution < -0.4 is 11.2 Å². The molecule has 0 aromatic rings. The fourth-order valence-electron chi connectivity index (χ4n) is 1.27. The van der Waals surface area contributed by atoms with Gasteiger partial charge in [-0.1, -0.05) is 6.92 Å². The summed E-state index contributed by atoms with van der Waals surface area (Å²) in [4.78, 5) is 20.7. The molecule has 0 radical (unpaired) electrons. The second kappa shape index (κ2) is 7.61. The van der Waals surface area contributed by atoms with E-state index >= 15 is 0 Å². The number of nitro groups is 1. The summed E-state index contributed by atoms with van der Waals surface area (Å²) in [6, 6.07) is -1.28. The van der Waals surface area contributed by atoms with Crippen LogP contribution in [-0.4, -0.2) is 22.7 Å². The molecule has 0 aliphatic heterocycles. The first kappa shape index (κ1) is 14.3. The first-order chi connectivity index (χ1) is 7.47. The molecule has 0 rings (SSSR count). The monoisotopic (exact) mass is 230 g/mol. The number of hydrazone groups is 1. The van der Waals surface area contributed by atoms with Gasteiger partial charge in [0.1, 0.15) is 0 Å². The van der Waals surface area contributed by atoms with Crippen molar-refractivity contribution in [1.82, 2.24) is 5.43 Å². The number of carbonyl (C=O) groups is 1. The molecule has 16 heavy (non-hydrogen) atoms. The molecule has 1 atom stereocenters. The normalized spacial score (nSPS) is 13.2. The minimum Gasteiger partial charge on any atom is -0.350 e. The fourth-order valence-corrected chi connectivity index (χ4v) is 1.27. The number of nitrogens with two attached hydrogens (primary N) is 1. The molecular formula is C9H18N4O3. The largest absolute Gasteiger partial charge is 0.350 e. The smallest absolute Gasteiger partial charge is 0.332 e. The van der Waals surface area contributed by atoms with Crippen molar-refractivity contribution in [2.24, 2.45) is 10.8 Å². The molecule has 0 saturated carbocycles. The summed E-state index contributed by atoms with van der Waals surface area (Å²) < 4.78 is 0. The number of carbonyl (C=O) groups excluding carboxylic acids is 1. The number of hydrogen-bond acceptors (Lipinski definition) is 4. The number of rotatable bonds is 7. The third-order valence-electron chi connectivity index (χ3n) is 2.12. The van der Waals surface area contributed by atoms with Crippen molar-refractivity contribution < 1.29 is 9.72 Å². The van der Waals surface area contributed by atoms with Crippen molar-refractivity contribution in [2.45, 2.75) is 45.6 Å². The zero-order valence-corrected chi connectivity index (χ0v) is 9.60. The lowest BCUT2D eigenvalue weighted by atomic mass is 10.1. The number of nitrogens with zero attached hydrogens (tertiary/aromatic N) is 2. The maximum atomic E-state index is 10.6. The number of primary amides is 1. The number of urea groups is 1. The van der Waals surface area contributed by atoms with Crippen LogP contribution in [0.15, 0.2) is 5.10 Å². The molecule has 0 heterocycles. The highest BCUT2D eigenvalue weighted by Gasteiger charge is 2.18. The Hall–Kier alpha value is -1.66. The van der Waals surface area contributed by atoms with E-state index in [9.17, 15) is 14.9 Å². The Morgan fingerprint density at radius 1 is 1.56 bits per heavy atom. The van der Waals surface area contributed by atoms with E-state index < -0.39 is 12.1 Å². The van der Waals surface area contributed by atoms with E-state index in [1.807, 2.05) is 6.92 Å². The van der Waals surface area contributed by atoms with E-state index in [2.05, 4.69) is 10.5 Å². The van der Waals surface area contributed by atoms with Crippen LogP contribution in [0.4, 0.5) is 4.79 Å². The Balaban J connectivity index is 4.04. The minimum atomic E-state index is -0.737. The summed E-state index contributed by atoms with van der Waals surface area (Å²) in [6.07, 6.45) is 2.24. The summed E-state index contributed by atoms with van der Waals surface area (Å²) in [6.45, 7) is 3.60. The molecular weight excluding hydrogens is 212 g/mol. The molecule has 0 aromatic heterocycles. The predicted octanol–water partition coefficient (Wildman–Crippen LogP) is 1.26. The first-order valence-electron chi connectivity index (χ1n) is 5.19. The Morgan fingerprint density at radius 2 is 2.19 bits per heavy atom. The van der Waals surface area contributed by atoms with Gasteiger partial charge in [0.05, 0.1) is 0 Å². The highest BCUT2D eigenvalue weighted by atomic mass is 16.6. The van der Waals surface area contributed by atoms with E-state index in [1.54, 1.807) is 6.92 Å². The Kier molecular flexibility index (Phi) is 6.82. The van der Waals surface area contributed by atoms with Crippen molar-refractivity contribution >= 4 is 11.7 Å². The van der Waals surface area contributed by atoms with Gasteiger partial charge in [0, 0.05) is 23.5 Å². The molecule has 2 amide bonds. The zero-order chi connectivity index (χ0) is 12.6. The minimum absolute atomic E-state index is 0.266. The van der Waals surface area contributed by atoms with Crippen LogP contribution >= 0.6 is 0 Å². The second-order valence-electron chi connectivity index (χ2n) is 3.59. The number of nitrogens with one attached hydrogen (secondary N) is 1. The van der Waals surface area contributed by atoms with Crippen LogP contribution in [0.5, 0.6) is 0 Å². The molecule has 0 unspecified atom stereocenters. The average molecular weight is 230 g/mol. The van der Waals surface area contributed by atoms with Gasteiger partial charge in [-0.25, -0.2) is 10.2 Å². The van der Waals surface area contributed by atoms with Crippen LogP contribution in [0, 0.1) is 10.1 Å². The van der Waals surface area contributed by atoms with Crippen molar-refractivity contribution in [3.63, 3.8) is 0 Å². The molecule has 0 aliphatic carbocycles. The number of hydrogen-bond donors (Lipinski definition) is 2.